The SMILES string of the molecule is OC1CCCC2=C1CC=C2. The zero-order valence-electron chi connectivity index (χ0n) is 6.01. The Kier molecular flexibility index (Phi) is 1.38. The molecule has 2 aliphatic rings. The Morgan fingerprint density at radius 2 is 2.40 bits per heavy atom. The Hall–Kier alpha value is -0.560. The van der Waals surface area contributed by atoms with Crippen LogP contribution in [-0.2, 0) is 0 Å². The minimum absolute atomic E-state index is 0.126. The molecule has 2 rings (SSSR count). The average Bonchev–Trinajstić information content (AvgIpc) is 2.36. The summed E-state index contributed by atoms with van der Waals surface area (Å²) >= 11 is 0. The lowest BCUT2D eigenvalue weighted by molar-refractivity contribution is 0.188. The van der Waals surface area contributed by atoms with Crippen molar-refractivity contribution in [1.82, 2.24) is 0 Å². The largest absolute Gasteiger partial charge is 0.389 e. The number of rotatable bonds is 0. The van der Waals surface area contributed by atoms with Gasteiger partial charge in [-0.05, 0) is 36.8 Å². The van der Waals surface area contributed by atoms with Crippen LogP contribution in [0.5, 0.6) is 0 Å². The highest BCUT2D eigenvalue weighted by Gasteiger charge is 2.20. The third kappa shape index (κ3) is 0.816. The van der Waals surface area contributed by atoms with Crippen LogP contribution in [0.15, 0.2) is 23.3 Å². The van der Waals surface area contributed by atoms with Crippen LogP contribution in [0.1, 0.15) is 25.7 Å². The molecule has 1 heteroatoms. The Morgan fingerprint density at radius 3 is 3.20 bits per heavy atom. The second-order valence-corrected chi connectivity index (χ2v) is 3.06. The predicted molar refractivity (Wildman–Crippen MR) is 40.6 cm³/mol. The summed E-state index contributed by atoms with van der Waals surface area (Å²) in [6.45, 7) is 0. The van der Waals surface area contributed by atoms with Gasteiger partial charge in [-0.1, -0.05) is 12.2 Å². The summed E-state index contributed by atoms with van der Waals surface area (Å²) in [6.07, 6.45) is 8.50. The summed E-state index contributed by atoms with van der Waals surface area (Å²) < 4.78 is 0. The molecule has 0 aromatic heterocycles. The van der Waals surface area contributed by atoms with Crippen LogP contribution in [0.2, 0.25) is 0 Å². The lowest BCUT2D eigenvalue weighted by Crippen LogP contribution is -2.14. The summed E-state index contributed by atoms with van der Waals surface area (Å²) in [5.74, 6) is 0. The van der Waals surface area contributed by atoms with E-state index in [0.717, 1.165) is 19.3 Å². The van der Waals surface area contributed by atoms with Gasteiger partial charge in [0.1, 0.15) is 0 Å². The van der Waals surface area contributed by atoms with Crippen molar-refractivity contribution in [2.75, 3.05) is 0 Å². The van der Waals surface area contributed by atoms with Crippen LogP contribution >= 0.6 is 0 Å². The zero-order chi connectivity index (χ0) is 6.97. The van der Waals surface area contributed by atoms with Gasteiger partial charge in [-0.25, -0.2) is 0 Å². The molecule has 0 spiro atoms. The van der Waals surface area contributed by atoms with Gasteiger partial charge in [-0.3, -0.25) is 0 Å². The first-order chi connectivity index (χ1) is 4.88. The molecule has 0 aromatic carbocycles. The van der Waals surface area contributed by atoms with Crippen molar-refractivity contribution in [3.8, 4) is 0 Å². The quantitative estimate of drug-likeness (QED) is 0.538. The van der Waals surface area contributed by atoms with Crippen molar-refractivity contribution < 1.29 is 5.11 Å². The predicted octanol–water partition coefficient (Wildman–Crippen LogP) is 1.79. The lowest BCUT2D eigenvalue weighted by Gasteiger charge is -2.19. The van der Waals surface area contributed by atoms with Crippen molar-refractivity contribution in [3.63, 3.8) is 0 Å². The molecule has 1 N–H and O–H groups in total. The molecular weight excluding hydrogens is 124 g/mol. The standard InChI is InChI=1S/C9H12O/c10-9-6-2-4-7-3-1-5-8(7)9/h1,3,9-10H,2,4-6H2. The molecule has 2 aliphatic carbocycles. The van der Waals surface area contributed by atoms with E-state index < -0.39 is 0 Å². The van der Waals surface area contributed by atoms with E-state index in [2.05, 4.69) is 12.2 Å². The van der Waals surface area contributed by atoms with Crippen molar-refractivity contribution >= 4 is 0 Å². The molecule has 1 unspecified atom stereocenters. The smallest absolute Gasteiger partial charge is 0.0758 e. The van der Waals surface area contributed by atoms with Crippen LogP contribution in [0.25, 0.3) is 0 Å². The second-order valence-electron chi connectivity index (χ2n) is 3.06. The molecule has 0 aromatic rings. The van der Waals surface area contributed by atoms with E-state index in [-0.39, 0.29) is 6.10 Å². The van der Waals surface area contributed by atoms with Crippen LogP contribution in [0.4, 0.5) is 0 Å². The Morgan fingerprint density at radius 1 is 1.50 bits per heavy atom. The van der Waals surface area contributed by atoms with E-state index in [0.29, 0.717) is 0 Å². The maximum absolute atomic E-state index is 9.48. The molecule has 54 valence electrons. The number of aliphatic hydroxyl groups excluding tert-OH is 1. The van der Waals surface area contributed by atoms with E-state index in [1.807, 2.05) is 0 Å². The lowest BCUT2D eigenvalue weighted by atomic mass is 9.91. The molecule has 0 bridgehead atoms. The van der Waals surface area contributed by atoms with E-state index in [4.69, 9.17) is 0 Å². The number of allylic oxidation sites excluding steroid dienone is 3. The molecule has 0 heterocycles. The highest BCUT2D eigenvalue weighted by atomic mass is 16.3. The zero-order valence-corrected chi connectivity index (χ0v) is 6.01. The Balaban J connectivity index is 2.28. The first-order valence-corrected chi connectivity index (χ1v) is 3.94. The molecule has 0 amide bonds. The van der Waals surface area contributed by atoms with Crippen LogP contribution in [-0.4, -0.2) is 11.2 Å². The molecule has 0 radical (unpaired) electrons. The van der Waals surface area contributed by atoms with Gasteiger partial charge in [0.25, 0.3) is 0 Å². The summed E-state index contributed by atoms with van der Waals surface area (Å²) in [4.78, 5) is 0. The van der Waals surface area contributed by atoms with Crippen molar-refractivity contribution in [3.05, 3.63) is 23.3 Å². The van der Waals surface area contributed by atoms with Gasteiger partial charge in [0.05, 0.1) is 6.10 Å². The van der Waals surface area contributed by atoms with E-state index in [1.54, 1.807) is 0 Å². The normalized spacial score (nSPS) is 31.1. The number of hydrogen-bond donors (Lipinski definition) is 1. The fourth-order valence-electron chi connectivity index (χ4n) is 1.82. The van der Waals surface area contributed by atoms with Gasteiger partial charge < -0.3 is 5.11 Å². The minimum Gasteiger partial charge on any atom is -0.389 e. The van der Waals surface area contributed by atoms with E-state index >= 15 is 0 Å². The highest BCUT2D eigenvalue weighted by Crippen LogP contribution is 2.32. The number of aliphatic hydroxyl groups is 1. The molecular formula is C9H12O. The topological polar surface area (TPSA) is 20.2 Å². The van der Waals surface area contributed by atoms with Gasteiger partial charge in [0.2, 0.25) is 0 Å². The maximum atomic E-state index is 9.48. The highest BCUT2D eigenvalue weighted by molar-refractivity contribution is 5.37. The third-order valence-electron chi connectivity index (χ3n) is 2.40. The fraction of sp³-hybridized carbons (Fsp3) is 0.556. The van der Waals surface area contributed by atoms with Crippen molar-refractivity contribution in [1.29, 1.82) is 0 Å². The Bertz CT molecular complexity index is 201. The summed E-state index contributed by atoms with van der Waals surface area (Å²) in [5, 5.41) is 9.48. The molecule has 0 aliphatic heterocycles. The molecule has 1 atom stereocenters. The molecule has 0 saturated carbocycles. The summed E-state index contributed by atoms with van der Waals surface area (Å²) in [5.41, 5.74) is 2.69. The first-order valence-electron chi connectivity index (χ1n) is 3.94. The van der Waals surface area contributed by atoms with E-state index in [1.165, 1.54) is 17.6 Å². The van der Waals surface area contributed by atoms with Crippen LogP contribution < -0.4 is 0 Å². The second kappa shape index (κ2) is 2.24. The minimum atomic E-state index is -0.126. The van der Waals surface area contributed by atoms with Gasteiger partial charge in [0, 0.05) is 0 Å². The summed E-state index contributed by atoms with van der Waals surface area (Å²) in [6, 6.07) is 0. The van der Waals surface area contributed by atoms with E-state index in [9.17, 15) is 5.11 Å². The van der Waals surface area contributed by atoms with Gasteiger partial charge in [0.15, 0.2) is 0 Å². The Labute approximate surface area is 61.1 Å². The van der Waals surface area contributed by atoms with Gasteiger partial charge >= 0.3 is 0 Å². The molecule has 10 heavy (non-hydrogen) atoms. The van der Waals surface area contributed by atoms with Crippen LogP contribution in [0.3, 0.4) is 0 Å². The number of hydrogen-bond acceptors (Lipinski definition) is 1. The van der Waals surface area contributed by atoms with Crippen molar-refractivity contribution in [2.24, 2.45) is 0 Å². The summed E-state index contributed by atoms with van der Waals surface area (Å²) in [7, 11) is 0. The van der Waals surface area contributed by atoms with Crippen LogP contribution in [0, 0.1) is 0 Å². The monoisotopic (exact) mass is 136 g/mol. The van der Waals surface area contributed by atoms with Gasteiger partial charge in [-0.15, -0.1) is 0 Å². The molecule has 0 saturated heterocycles. The first kappa shape index (κ1) is 6.17. The molecule has 0 fully saturated rings. The van der Waals surface area contributed by atoms with Crippen molar-refractivity contribution in [2.45, 2.75) is 31.8 Å². The maximum Gasteiger partial charge on any atom is 0.0758 e. The average molecular weight is 136 g/mol. The molecule has 1 nitrogen and oxygen atoms in total. The third-order valence-corrected chi connectivity index (χ3v) is 2.40. The fourth-order valence-corrected chi connectivity index (χ4v) is 1.82. The van der Waals surface area contributed by atoms with Gasteiger partial charge in [-0.2, -0.15) is 0 Å².